The average molecular weight is 535 g/mol. The Balaban J connectivity index is 1.62. The van der Waals surface area contributed by atoms with Crippen LogP contribution < -0.4 is 10.1 Å². The quantitative estimate of drug-likeness (QED) is 0.212. The van der Waals surface area contributed by atoms with Crippen molar-refractivity contribution >= 4 is 5.91 Å². The van der Waals surface area contributed by atoms with E-state index in [-0.39, 0.29) is 17.7 Å². The Kier molecular flexibility index (Phi) is 11.1. The molecule has 1 amide bonds. The number of aliphatic hydroxyl groups is 4. The number of benzene rings is 1. The SMILES string of the molecule is CC(C)c1[nH]nc(O[C@@H]2O[C@H](CO)[C@@H](O)[C@H](O)[C@H]2O)c1Cc1ccc(CCCC(=O)NCCN(C)C)cc1. The van der Waals surface area contributed by atoms with E-state index >= 15 is 0 Å². The highest BCUT2D eigenvalue weighted by molar-refractivity contribution is 5.75. The van der Waals surface area contributed by atoms with Gasteiger partial charge in [0.1, 0.15) is 24.4 Å². The molecule has 38 heavy (non-hydrogen) atoms. The number of H-pyrrole nitrogens is 1. The lowest BCUT2D eigenvalue weighted by Gasteiger charge is -2.39. The maximum atomic E-state index is 12.0. The van der Waals surface area contributed by atoms with Crippen LogP contribution in [0.15, 0.2) is 24.3 Å². The highest BCUT2D eigenvalue weighted by Crippen LogP contribution is 2.31. The van der Waals surface area contributed by atoms with E-state index in [1.807, 2.05) is 57.1 Å². The fourth-order valence-corrected chi connectivity index (χ4v) is 4.37. The fourth-order valence-electron chi connectivity index (χ4n) is 4.37. The van der Waals surface area contributed by atoms with E-state index in [1.165, 1.54) is 0 Å². The largest absolute Gasteiger partial charge is 0.443 e. The number of hydrogen-bond acceptors (Lipinski definition) is 9. The van der Waals surface area contributed by atoms with Crippen LogP contribution in [0.2, 0.25) is 0 Å². The number of nitrogens with one attached hydrogen (secondary N) is 2. The average Bonchev–Trinajstić information content (AvgIpc) is 3.27. The van der Waals surface area contributed by atoms with Crippen LogP contribution in [0.4, 0.5) is 0 Å². The zero-order valence-electron chi connectivity index (χ0n) is 22.6. The van der Waals surface area contributed by atoms with Crippen molar-refractivity contribution in [2.24, 2.45) is 0 Å². The van der Waals surface area contributed by atoms with Crippen molar-refractivity contribution in [3.8, 4) is 5.88 Å². The van der Waals surface area contributed by atoms with E-state index in [0.29, 0.717) is 19.4 Å². The first kappa shape index (κ1) is 30.0. The second kappa shape index (κ2) is 14.0. The molecule has 2 heterocycles. The van der Waals surface area contributed by atoms with Gasteiger partial charge in [0, 0.05) is 37.2 Å². The van der Waals surface area contributed by atoms with Gasteiger partial charge in [-0.3, -0.25) is 9.89 Å². The molecule has 2 aromatic rings. The predicted octanol–water partition coefficient (Wildman–Crippen LogP) is 0.303. The summed E-state index contributed by atoms with van der Waals surface area (Å²) in [7, 11) is 3.94. The van der Waals surface area contributed by atoms with E-state index in [9.17, 15) is 25.2 Å². The molecule has 0 bridgehead atoms. The van der Waals surface area contributed by atoms with Crippen LogP contribution in [-0.4, -0.2) is 106 Å². The number of aromatic nitrogens is 2. The van der Waals surface area contributed by atoms with Crippen molar-refractivity contribution in [1.82, 2.24) is 20.4 Å². The summed E-state index contributed by atoms with van der Waals surface area (Å²) in [5.74, 6) is 0.409. The molecular weight excluding hydrogens is 492 g/mol. The van der Waals surface area contributed by atoms with Crippen LogP contribution in [0.5, 0.6) is 5.88 Å². The second-order valence-electron chi connectivity index (χ2n) is 10.4. The Morgan fingerprint density at radius 3 is 2.45 bits per heavy atom. The number of aliphatic hydroxyl groups excluding tert-OH is 4. The number of carbonyl (C=O) groups excluding carboxylic acids is 1. The number of amides is 1. The summed E-state index contributed by atoms with van der Waals surface area (Å²) in [5, 5.41) is 50.2. The van der Waals surface area contributed by atoms with Crippen molar-refractivity contribution in [1.29, 1.82) is 0 Å². The first-order valence-electron chi connectivity index (χ1n) is 13.1. The van der Waals surface area contributed by atoms with Gasteiger partial charge in [-0.25, -0.2) is 0 Å². The zero-order valence-corrected chi connectivity index (χ0v) is 22.6. The third kappa shape index (κ3) is 7.98. The standard InChI is InChI=1S/C27H42N4O7/c1-16(2)22-19(26(30-29-22)38-27-25(36)24(35)23(34)20(15-32)37-27)14-18-10-8-17(9-11-18)6-5-7-21(33)28-12-13-31(3)4/h8-11,16,20,23-25,27,32,34-36H,5-7,12-15H2,1-4H3,(H,28,33)(H,29,30)/t20-,23-,24+,25-,27+/m1/s1. The topological polar surface area (TPSA) is 160 Å². The number of carbonyl (C=O) groups is 1. The normalized spacial score (nSPS) is 23.7. The number of aryl methyl sites for hydroxylation is 1. The van der Waals surface area contributed by atoms with Gasteiger partial charge in [-0.1, -0.05) is 38.1 Å². The molecule has 1 fully saturated rings. The minimum absolute atomic E-state index is 0.0663. The van der Waals surface area contributed by atoms with Crippen LogP contribution >= 0.6 is 0 Å². The minimum Gasteiger partial charge on any atom is -0.443 e. The number of likely N-dealkylation sites (N-methyl/N-ethyl adjacent to an activating group) is 1. The molecule has 1 aromatic carbocycles. The first-order chi connectivity index (χ1) is 18.1. The molecule has 11 nitrogen and oxygen atoms in total. The molecule has 5 atom stereocenters. The third-order valence-corrected chi connectivity index (χ3v) is 6.67. The minimum atomic E-state index is -1.53. The highest BCUT2D eigenvalue weighted by Gasteiger charge is 2.45. The maximum Gasteiger partial charge on any atom is 0.238 e. The molecule has 212 valence electrons. The predicted molar refractivity (Wildman–Crippen MR) is 141 cm³/mol. The zero-order chi connectivity index (χ0) is 27.8. The molecule has 0 unspecified atom stereocenters. The molecule has 0 aliphatic carbocycles. The summed E-state index contributed by atoms with van der Waals surface area (Å²) >= 11 is 0. The number of aromatic amines is 1. The van der Waals surface area contributed by atoms with E-state index in [2.05, 4.69) is 15.5 Å². The van der Waals surface area contributed by atoms with Crippen molar-refractivity contribution in [2.45, 2.75) is 76.2 Å². The van der Waals surface area contributed by atoms with E-state index in [0.717, 1.165) is 41.8 Å². The lowest BCUT2D eigenvalue weighted by molar-refractivity contribution is -0.278. The molecule has 1 saturated heterocycles. The van der Waals surface area contributed by atoms with Crippen LogP contribution in [0.1, 0.15) is 55.0 Å². The number of nitrogens with zero attached hydrogens (tertiary/aromatic N) is 2. The van der Waals surface area contributed by atoms with Gasteiger partial charge in [-0.2, -0.15) is 0 Å². The second-order valence-corrected chi connectivity index (χ2v) is 10.4. The first-order valence-corrected chi connectivity index (χ1v) is 13.1. The molecule has 11 heteroatoms. The summed E-state index contributed by atoms with van der Waals surface area (Å²) < 4.78 is 11.4. The van der Waals surface area contributed by atoms with Gasteiger partial charge in [0.2, 0.25) is 18.1 Å². The smallest absolute Gasteiger partial charge is 0.238 e. The number of hydrogen-bond donors (Lipinski definition) is 6. The monoisotopic (exact) mass is 534 g/mol. The molecule has 3 rings (SSSR count). The van der Waals surface area contributed by atoms with Crippen molar-refractivity contribution < 1.29 is 34.7 Å². The molecule has 0 radical (unpaired) electrons. The van der Waals surface area contributed by atoms with E-state index in [1.54, 1.807) is 0 Å². The third-order valence-electron chi connectivity index (χ3n) is 6.67. The van der Waals surface area contributed by atoms with Crippen LogP contribution in [-0.2, 0) is 22.4 Å². The summed E-state index contributed by atoms with van der Waals surface area (Å²) in [6.07, 6.45) is -4.33. The van der Waals surface area contributed by atoms with Gasteiger partial charge >= 0.3 is 0 Å². The molecule has 1 aromatic heterocycles. The van der Waals surface area contributed by atoms with Gasteiger partial charge in [0.05, 0.1) is 6.61 Å². The van der Waals surface area contributed by atoms with Gasteiger partial charge in [0.15, 0.2) is 0 Å². The van der Waals surface area contributed by atoms with E-state index < -0.39 is 37.3 Å². The van der Waals surface area contributed by atoms with E-state index in [4.69, 9.17) is 9.47 Å². The molecule has 6 N–H and O–H groups in total. The van der Waals surface area contributed by atoms with Crippen molar-refractivity contribution in [2.75, 3.05) is 33.8 Å². The number of ether oxygens (including phenoxy) is 2. The van der Waals surface area contributed by atoms with Crippen molar-refractivity contribution in [3.63, 3.8) is 0 Å². The van der Waals surface area contributed by atoms with Crippen LogP contribution in [0.25, 0.3) is 0 Å². The molecule has 0 spiro atoms. The summed E-state index contributed by atoms with van der Waals surface area (Å²) in [4.78, 5) is 14.0. The molecule has 1 aliphatic rings. The lowest BCUT2D eigenvalue weighted by Crippen LogP contribution is -2.60. The Labute approximate surface area is 223 Å². The molecule has 1 aliphatic heterocycles. The van der Waals surface area contributed by atoms with Crippen LogP contribution in [0.3, 0.4) is 0 Å². The molecule has 0 saturated carbocycles. The Bertz CT molecular complexity index is 1010. The highest BCUT2D eigenvalue weighted by atomic mass is 16.7. The van der Waals surface area contributed by atoms with Gasteiger partial charge < -0.3 is 40.1 Å². The summed E-state index contributed by atoms with van der Waals surface area (Å²) in [6, 6.07) is 8.15. The summed E-state index contributed by atoms with van der Waals surface area (Å²) in [6.45, 7) is 4.97. The van der Waals surface area contributed by atoms with Gasteiger partial charge in [-0.15, -0.1) is 5.10 Å². The maximum absolute atomic E-state index is 12.0. The van der Waals surface area contributed by atoms with Crippen LogP contribution in [0, 0.1) is 0 Å². The number of rotatable bonds is 13. The van der Waals surface area contributed by atoms with Gasteiger partial charge in [-0.05, 0) is 44.0 Å². The van der Waals surface area contributed by atoms with Gasteiger partial charge in [0.25, 0.3) is 0 Å². The Hall–Kier alpha value is -2.54. The van der Waals surface area contributed by atoms with Crippen molar-refractivity contribution in [3.05, 3.63) is 46.6 Å². The lowest BCUT2D eigenvalue weighted by atomic mass is 9.97. The Morgan fingerprint density at radius 2 is 1.82 bits per heavy atom. The molecular formula is C27H42N4O7. The Morgan fingerprint density at radius 1 is 1.13 bits per heavy atom. The summed E-state index contributed by atoms with van der Waals surface area (Å²) in [5.41, 5.74) is 3.83. The fraction of sp³-hybridized carbons (Fsp3) is 0.630.